The number of hydrogen-bond acceptors (Lipinski definition) is 5. The van der Waals surface area contributed by atoms with Crippen LogP contribution in [0.5, 0.6) is 0 Å². The lowest BCUT2D eigenvalue weighted by Gasteiger charge is -2.20. The van der Waals surface area contributed by atoms with Crippen molar-refractivity contribution in [1.82, 2.24) is 20.8 Å². The Morgan fingerprint density at radius 3 is 2.57 bits per heavy atom. The van der Waals surface area contributed by atoms with E-state index in [0.717, 1.165) is 5.56 Å². The molecule has 2 rings (SSSR count). The third-order valence-electron chi connectivity index (χ3n) is 4.10. The molecule has 0 radical (unpaired) electrons. The van der Waals surface area contributed by atoms with Crippen molar-refractivity contribution in [2.24, 2.45) is 11.7 Å². The average molecular weight is 387 g/mol. The Morgan fingerprint density at radius 2 is 1.96 bits per heavy atom. The number of nitrogens with one attached hydrogen (secondary N) is 3. The van der Waals surface area contributed by atoms with Crippen LogP contribution in [-0.4, -0.2) is 40.3 Å². The third kappa shape index (κ3) is 6.84. The number of primary amides is 1. The van der Waals surface area contributed by atoms with Gasteiger partial charge in [0.05, 0.1) is 18.9 Å². The van der Waals surface area contributed by atoms with E-state index in [1.165, 1.54) is 6.33 Å². The second-order valence-corrected chi connectivity index (χ2v) is 6.29. The van der Waals surface area contributed by atoms with Gasteiger partial charge in [0, 0.05) is 24.7 Å². The standard InChI is InChI=1S/C19H25N5O4/c1-2-28-24-17(25)9-14(8-13-6-4-3-5-7-13)19(27)23-16(18(20)26)10-15-11-21-12-22-15/h3-7,11-12,14,16H,2,8-10H2,1H3,(H2,20,26)(H,21,22)(H,23,27)(H,24,25). The van der Waals surface area contributed by atoms with Crippen molar-refractivity contribution >= 4 is 17.7 Å². The van der Waals surface area contributed by atoms with Crippen molar-refractivity contribution in [1.29, 1.82) is 0 Å². The van der Waals surface area contributed by atoms with E-state index in [0.29, 0.717) is 18.7 Å². The van der Waals surface area contributed by atoms with Crippen LogP contribution >= 0.6 is 0 Å². The smallest absolute Gasteiger partial charge is 0.244 e. The van der Waals surface area contributed by atoms with Gasteiger partial charge < -0.3 is 16.0 Å². The van der Waals surface area contributed by atoms with Crippen LogP contribution in [0.4, 0.5) is 0 Å². The molecule has 0 aliphatic rings. The van der Waals surface area contributed by atoms with Crippen molar-refractivity contribution < 1.29 is 19.2 Å². The Hall–Kier alpha value is -3.20. The fourth-order valence-electron chi connectivity index (χ4n) is 2.70. The fourth-order valence-corrected chi connectivity index (χ4v) is 2.70. The molecule has 0 aliphatic carbocycles. The van der Waals surface area contributed by atoms with Crippen LogP contribution in [0.25, 0.3) is 0 Å². The van der Waals surface area contributed by atoms with E-state index in [4.69, 9.17) is 10.6 Å². The zero-order valence-corrected chi connectivity index (χ0v) is 15.7. The van der Waals surface area contributed by atoms with E-state index in [9.17, 15) is 14.4 Å². The molecule has 0 aliphatic heterocycles. The summed E-state index contributed by atoms with van der Waals surface area (Å²) in [4.78, 5) is 48.3. The molecule has 1 heterocycles. The first kappa shape index (κ1) is 21.1. The molecule has 150 valence electrons. The zero-order chi connectivity index (χ0) is 20.4. The number of aromatic amines is 1. The average Bonchev–Trinajstić information content (AvgIpc) is 3.19. The lowest BCUT2D eigenvalue weighted by molar-refractivity contribution is -0.138. The number of rotatable bonds is 11. The summed E-state index contributed by atoms with van der Waals surface area (Å²) in [6.07, 6.45) is 3.47. The largest absolute Gasteiger partial charge is 0.368 e. The van der Waals surface area contributed by atoms with Gasteiger partial charge in [0.15, 0.2) is 0 Å². The minimum atomic E-state index is -0.916. The highest BCUT2D eigenvalue weighted by atomic mass is 16.6. The summed E-state index contributed by atoms with van der Waals surface area (Å²) in [6, 6.07) is 8.41. The Balaban J connectivity index is 2.08. The maximum absolute atomic E-state index is 12.8. The molecule has 0 fully saturated rings. The number of hydroxylamine groups is 1. The van der Waals surface area contributed by atoms with Crippen LogP contribution in [0.1, 0.15) is 24.6 Å². The number of imidazole rings is 1. The SMILES string of the molecule is CCONC(=O)CC(Cc1ccccc1)C(=O)NC(Cc1cnc[nH]1)C(N)=O. The summed E-state index contributed by atoms with van der Waals surface area (Å²) in [5.74, 6) is -2.20. The number of amides is 3. The normalized spacial score (nSPS) is 12.8. The lowest BCUT2D eigenvalue weighted by atomic mass is 9.94. The molecule has 9 nitrogen and oxygen atoms in total. The van der Waals surface area contributed by atoms with Crippen molar-refractivity contribution in [2.75, 3.05) is 6.61 Å². The Kier molecular flexibility index (Phi) is 8.16. The molecule has 0 saturated heterocycles. The van der Waals surface area contributed by atoms with Gasteiger partial charge in [-0.1, -0.05) is 30.3 Å². The molecule has 1 aromatic heterocycles. The Labute approximate surface area is 163 Å². The van der Waals surface area contributed by atoms with Crippen LogP contribution < -0.4 is 16.5 Å². The van der Waals surface area contributed by atoms with Crippen LogP contribution in [-0.2, 0) is 32.1 Å². The van der Waals surface area contributed by atoms with E-state index in [1.54, 1.807) is 13.1 Å². The number of hydrogen-bond donors (Lipinski definition) is 4. The number of benzene rings is 1. The van der Waals surface area contributed by atoms with Gasteiger partial charge in [-0.25, -0.2) is 10.5 Å². The molecule has 0 spiro atoms. The number of carbonyl (C=O) groups is 3. The summed E-state index contributed by atoms with van der Waals surface area (Å²) in [6.45, 7) is 2.05. The molecule has 2 unspecified atom stereocenters. The van der Waals surface area contributed by atoms with Crippen molar-refractivity contribution in [3.63, 3.8) is 0 Å². The number of carbonyl (C=O) groups excluding carboxylic acids is 3. The van der Waals surface area contributed by atoms with Crippen LogP contribution in [0.2, 0.25) is 0 Å². The lowest BCUT2D eigenvalue weighted by Crippen LogP contribution is -2.48. The van der Waals surface area contributed by atoms with Gasteiger partial charge >= 0.3 is 0 Å². The van der Waals surface area contributed by atoms with E-state index >= 15 is 0 Å². The van der Waals surface area contributed by atoms with Gasteiger partial charge in [0.1, 0.15) is 6.04 Å². The minimum Gasteiger partial charge on any atom is -0.368 e. The van der Waals surface area contributed by atoms with Gasteiger partial charge in [0.2, 0.25) is 17.7 Å². The van der Waals surface area contributed by atoms with E-state index in [-0.39, 0.29) is 12.8 Å². The first-order valence-electron chi connectivity index (χ1n) is 9.01. The highest BCUT2D eigenvalue weighted by molar-refractivity contribution is 5.90. The fraction of sp³-hybridized carbons (Fsp3) is 0.368. The third-order valence-corrected chi connectivity index (χ3v) is 4.10. The Morgan fingerprint density at radius 1 is 1.21 bits per heavy atom. The molecule has 3 amide bonds. The summed E-state index contributed by atoms with van der Waals surface area (Å²) in [7, 11) is 0. The van der Waals surface area contributed by atoms with Crippen LogP contribution in [0.3, 0.4) is 0 Å². The molecular formula is C19H25N5O4. The molecule has 2 atom stereocenters. The molecule has 1 aromatic carbocycles. The number of aromatic nitrogens is 2. The first-order chi connectivity index (χ1) is 13.5. The minimum absolute atomic E-state index is 0.0870. The van der Waals surface area contributed by atoms with Crippen molar-refractivity contribution in [3.05, 3.63) is 54.1 Å². The molecule has 0 saturated carbocycles. The van der Waals surface area contributed by atoms with Gasteiger partial charge in [0.25, 0.3) is 0 Å². The topological polar surface area (TPSA) is 139 Å². The maximum atomic E-state index is 12.8. The van der Waals surface area contributed by atoms with Gasteiger partial charge in [-0.05, 0) is 18.9 Å². The highest BCUT2D eigenvalue weighted by Crippen LogP contribution is 2.14. The van der Waals surface area contributed by atoms with Crippen molar-refractivity contribution in [2.45, 2.75) is 32.2 Å². The number of nitrogens with two attached hydrogens (primary N) is 1. The molecule has 9 heteroatoms. The van der Waals surface area contributed by atoms with E-state index < -0.39 is 29.7 Å². The monoisotopic (exact) mass is 387 g/mol. The van der Waals surface area contributed by atoms with Crippen LogP contribution in [0.15, 0.2) is 42.9 Å². The zero-order valence-electron chi connectivity index (χ0n) is 15.7. The van der Waals surface area contributed by atoms with E-state index in [2.05, 4.69) is 20.8 Å². The quantitative estimate of drug-likeness (QED) is 0.409. The van der Waals surface area contributed by atoms with Crippen molar-refractivity contribution in [3.8, 4) is 0 Å². The predicted octanol–water partition coefficient (Wildman–Crippen LogP) is 0.239. The van der Waals surface area contributed by atoms with E-state index in [1.807, 2.05) is 30.3 Å². The first-order valence-corrected chi connectivity index (χ1v) is 9.01. The summed E-state index contributed by atoms with van der Waals surface area (Å²) < 4.78 is 0. The molecule has 5 N–H and O–H groups in total. The highest BCUT2D eigenvalue weighted by Gasteiger charge is 2.27. The molecule has 2 aromatic rings. The van der Waals surface area contributed by atoms with Gasteiger partial charge in [-0.3, -0.25) is 19.2 Å². The predicted molar refractivity (Wildman–Crippen MR) is 101 cm³/mol. The summed E-state index contributed by atoms with van der Waals surface area (Å²) >= 11 is 0. The molecule has 0 bridgehead atoms. The second kappa shape index (κ2) is 10.8. The second-order valence-electron chi connectivity index (χ2n) is 6.29. The van der Waals surface area contributed by atoms with Gasteiger partial charge in [-0.15, -0.1) is 0 Å². The summed E-state index contributed by atoms with van der Waals surface area (Å²) in [5, 5.41) is 2.65. The number of H-pyrrole nitrogens is 1. The van der Waals surface area contributed by atoms with Gasteiger partial charge in [-0.2, -0.15) is 0 Å². The maximum Gasteiger partial charge on any atom is 0.244 e. The summed E-state index contributed by atoms with van der Waals surface area (Å²) in [5.41, 5.74) is 9.29. The van der Waals surface area contributed by atoms with Crippen LogP contribution in [0, 0.1) is 5.92 Å². The Bertz CT molecular complexity index is 764. The molecular weight excluding hydrogens is 362 g/mol. The number of nitrogens with zero attached hydrogens (tertiary/aromatic N) is 1. The molecule has 28 heavy (non-hydrogen) atoms.